The first-order valence-corrected chi connectivity index (χ1v) is 8.57. The highest BCUT2D eigenvalue weighted by Crippen LogP contribution is 2.16. The molecule has 0 saturated heterocycles. The van der Waals surface area contributed by atoms with Gasteiger partial charge in [0.25, 0.3) is 0 Å². The summed E-state index contributed by atoms with van der Waals surface area (Å²) in [6.07, 6.45) is 4.49. The molecular formula is C17H22BrN3O2. The van der Waals surface area contributed by atoms with Crippen LogP contribution in [0.25, 0.3) is 5.69 Å². The smallest absolute Gasteiger partial charge is 0.320 e. The Morgan fingerprint density at radius 1 is 1.39 bits per heavy atom. The largest absolute Gasteiger partial charge is 0.480 e. The number of aromatic nitrogens is 2. The number of nitrogens with one attached hydrogen (secondary N) is 1. The topological polar surface area (TPSA) is 67.2 Å². The highest BCUT2D eigenvalue weighted by molar-refractivity contribution is 9.10. The van der Waals surface area contributed by atoms with E-state index in [1.165, 1.54) is 0 Å². The Balaban J connectivity index is 2.06. The van der Waals surface area contributed by atoms with Crippen LogP contribution in [0.5, 0.6) is 0 Å². The highest BCUT2D eigenvalue weighted by atomic mass is 79.9. The van der Waals surface area contributed by atoms with Crippen molar-refractivity contribution < 1.29 is 9.90 Å². The van der Waals surface area contributed by atoms with E-state index in [4.69, 9.17) is 0 Å². The Morgan fingerprint density at radius 3 is 2.70 bits per heavy atom. The van der Waals surface area contributed by atoms with Crippen molar-refractivity contribution in [2.24, 2.45) is 0 Å². The lowest BCUT2D eigenvalue weighted by atomic mass is 10.1. The van der Waals surface area contributed by atoms with E-state index in [2.05, 4.69) is 33.3 Å². The summed E-state index contributed by atoms with van der Waals surface area (Å²) in [4.78, 5) is 11.3. The molecule has 0 fully saturated rings. The Hall–Kier alpha value is -1.66. The molecule has 1 aromatic carbocycles. The normalized spacial score (nSPS) is 12.3. The Kier molecular flexibility index (Phi) is 6.36. The summed E-state index contributed by atoms with van der Waals surface area (Å²) in [5, 5.41) is 16.9. The molecule has 124 valence electrons. The van der Waals surface area contributed by atoms with Crippen molar-refractivity contribution >= 4 is 21.9 Å². The number of hydrogen-bond acceptors (Lipinski definition) is 3. The fraction of sp³-hybridized carbons (Fsp3) is 0.412. The third-order valence-corrected chi connectivity index (χ3v) is 4.30. The molecule has 2 rings (SSSR count). The van der Waals surface area contributed by atoms with E-state index in [-0.39, 0.29) is 0 Å². The summed E-state index contributed by atoms with van der Waals surface area (Å²) >= 11 is 3.42. The molecule has 0 amide bonds. The first-order chi connectivity index (χ1) is 11.0. The number of unbranched alkanes of at least 4 members (excludes halogenated alkanes) is 1. The van der Waals surface area contributed by atoms with Gasteiger partial charge in [-0.15, -0.1) is 0 Å². The molecule has 0 unspecified atom stereocenters. The van der Waals surface area contributed by atoms with Crippen LogP contribution in [0.3, 0.4) is 0 Å². The third-order valence-electron chi connectivity index (χ3n) is 3.78. The van der Waals surface area contributed by atoms with Gasteiger partial charge in [-0.25, -0.2) is 4.68 Å². The van der Waals surface area contributed by atoms with Gasteiger partial charge in [0.05, 0.1) is 11.4 Å². The fourth-order valence-electron chi connectivity index (χ4n) is 2.35. The minimum atomic E-state index is -0.795. The van der Waals surface area contributed by atoms with Crippen LogP contribution in [0.15, 0.2) is 34.9 Å². The monoisotopic (exact) mass is 379 g/mol. The number of aliphatic carboxylic acids is 1. The molecule has 23 heavy (non-hydrogen) atoms. The number of halogens is 1. The maximum atomic E-state index is 11.3. The minimum Gasteiger partial charge on any atom is -0.480 e. The second-order valence-corrected chi connectivity index (χ2v) is 6.49. The van der Waals surface area contributed by atoms with Crippen LogP contribution in [-0.2, 0) is 11.3 Å². The molecule has 1 atom stereocenters. The van der Waals surface area contributed by atoms with E-state index >= 15 is 0 Å². The van der Waals surface area contributed by atoms with Gasteiger partial charge < -0.3 is 10.4 Å². The van der Waals surface area contributed by atoms with Gasteiger partial charge in [-0.05, 0) is 37.6 Å². The summed E-state index contributed by atoms with van der Waals surface area (Å²) in [6, 6.07) is 7.39. The standard InChI is InChI=1S/C17H22BrN3O2/c1-3-4-5-16(17(22)23)19-10-13-11-21(20-12(13)2)15-8-6-14(18)7-9-15/h6-9,11,16,19H,3-5,10H2,1-2H3,(H,22,23)/t16-/m0/s1. The molecule has 0 bridgehead atoms. The zero-order valence-corrected chi connectivity index (χ0v) is 15.0. The molecule has 0 aliphatic heterocycles. The van der Waals surface area contributed by atoms with Crippen LogP contribution in [0.4, 0.5) is 0 Å². The summed E-state index contributed by atoms with van der Waals surface area (Å²) in [6.45, 7) is 4.50. The number of hydrogen-bond donors (Lipinski definition) is 2. The fourth-order valence-corrected chi connectivity index (χ4v) is 2.61. The van der Waals surface area contributed by atoms with Crippen LogP contribution in [-0.4, -0.2) is 26.9 Å². The summed E-state index contributed by atoms with van der Waals surface area (Å²) in [7, 11) is 0. The first kappa shape index (κ1) is 17.7. The number of nitrogens with zero attached hydrogens (tertiary/aromatic N) is 2. The van der Waals surface area contributed by atoms with Gasteiger partial charge in [0, 0.05) is 22.8 Å². The van der Waals surface area contributed by atoms with Gasteiger partial charge in [-0.2, -0.15) is 5.10 Å². The maximum absolute atomic E-state index is 11.3. The molecule has 6 heteroatoms. The van der Waals surface area contributed by atoms with Gasteiger partial charge in [0.1, 0.15) is 6.04 Å². The van der Waals surface area contributed by atoms with Gasteiger partial charge in [-0.1, -0.05) is 35.7 Å². The quantitative estimate of drug-likeness (QED) is 0.733. The average molecular weight is 380 g/mol. The van der Waals surface area contributed by atoms with Crippen LogP contribution in [0, 0.1) is 6.92 Å². The predicted octanol–water partition coefficient (Wildman–Crippen LogP) is 3.68. The molecule has 5 nitrogen and oxygen atoms in total. The van der Waals surface area contributed by atoms with E-state index in [1.54, 1.807) is 0 Å². The molecule has 1 aromatic heterocycles. The molecule has 0 aliphatic rings. The highest BCUT2D eigenvalue weighted by Gasteiger charge is 2.17. The van der Waals surface area contributed by atoms with Crippen molar-refractivity contribution in [3.05, 3.63) is 46.2 Å². The van der Waals surface area contributed by atoms with Crippen LogP contribution in [0.1, 0.15) is 37.4 Å². The lowest BCUT2D eigenvalue weighted by Crippen LogP contribution is -2.36. The van der Waals surface area contributed by atoms with Crippen molar-refractivity contribution in [3.63, 3.8) is 0 Å². The number of benzene rings is 1. The van der Waals surface area contributed by atoms with Crippen LogP contribution in [0.2, 0.25) is 0 Å². The lowest BCUT2D eigenvalue weighted by molar-refractivity contribution is -0.139. The molecule has 0 spiro atoms. The maximum Gasteiger partial charge on any atom is 0.320 e. The molecule has 0 saturated carbocycles. The average Bonchev–Trinajstić information content (AvgIpc) is 2.89. The van der Waals surface area contributed by atoms with Crippen molar-refractivity contribution in [3.8, 4) is 5.69 Å². The van der Waals surface area contributed by atoms with E-state index in [9.17, 15) is 9.90 Å². The van der Waals surface area contributed by atoms with Gasteiger partial charge >= 0.3 is 5.97 Å². The molecule has 1 heterocycles. The lowest BCUT2D eigenvalue weighted by Gasteiger charge is -2.13. The molecule has 0 aliphatic carbocycles. The number of carboxylic acid groups (broad SMARTS) is 1. The second-order valence-electron chi connectivity index (χ2n) is 5.57. The number of carboxylic acids is 1. The van der Waals surface area contributed by atoms with E-state index in [0.717, 1.165) is 34.3 Å². The van der Waals surface area contributed by atoms with Gasteiger partial charge in [0.15, 0.2) is 0 Å². The van der Waals surface area contributed by atoms with E-state index < -0.39 is 12.0 Å². The number of carbonyl (C=O) groups is 1. The zero-order chi connectivity index (χ0) is 16.8. The third kappa shape index (κ3) is 4.91. The summed E-state index contributed by atoms with van der Waals surface area (Å²) < 4.78 is 2.84. The summed E-state index contributed by atoms with van der Waals surface area (Å²) in [5.41, 5.74) is 2.89. The predicted molar refractivity (Wildman–Crippen MR) is 93.8 cm³/mol. The first-order valence-electron chi connectivity index (χ1n) is 7.78. The molecular weight excluding hydrogens is 358 g/mol. The Morgan fingerprint density at radius 2 is 2.09 bits per heavy atom. The second kappa shape index (κ2) is 8.26. The number of aryl methyl sites for hydroxylation is 1. The Labute approximate surface area is 144 Å². The van der Waals surface area contributed by atoms with Crippen LogP contribution < -0.4 is 5.32 Å². The number of rotatable bonds is 8. The van der Waals surface area contributed by atoms with Gasteiger partial charge in [-0.3, -0.25) is 4.79 Å². The van der Waals surface area contributed by atoms with Crippen molar-refractivity contribution in [2.75, 3.05) is 0 Å². The van der Waals surface area contributed by atoms with E-state index in [0.29, 0.717) is 13.0 Å². The molecule has 2 aromatic rings. The van der Waals surface area contributed by atoms with Crippen molar-refractivity contribution in [1.29, 1.82) is 0 Å². The molecule has 0 radical (unpaired) electrons. The van der Waals surface area contributed by atoms with Crippen LogP contribution >= 0.6 is 15.9 Å². The van der Waals surface area contributed by atoms with Crippen molar-refractivity contribution in [1.82, 2.24) is 15.1 Å². The summed E-state index contributed by atoms with van der Waals surface area (Å²) in [5.74, 6) is -0.795. The van der Waals surface area contributed by atoms with Gasteiger partial charge in [0.2, 0.25) is 0 Å². The SMILES string of the molecule is CCCC[C@H](NCc1cn(-c2ccc(Br)cc2)nc1C)C(=O)O. The van der Waals surface area contributed by atoms with Crippen molar-refractivity contribution in [2.45, 2.75) is 45.7 Å². The zero-order valence-electron chi connectivity index (χ0n) is 13.4. The minimum absolute atomic E-state index is 0.503. The molecule has 2 N–H and O–H groups in total. The van der Waals surface area contributed by atoms with E-state index in [1.807, 2.05) is 42.1 Å². The Bertz CT molecular complexity index is 652.